The Morgan fingerprint density at radius 1 is 1.25 bits per heavy atom. The van der Waals surface area contributed by atoms with E-state index >= 15 is 0 Å². The van der Waals surface area contributed by atoms with Crippen LogP contribution in [0.2, 0.25) is 0 Å². The van der Waals surface area contributed by atoms with E-state index < -0.39 is 5.82 Å². The summed E-state index contributed by atoms with van der Waals surface area (Å²) in [7, 11) is 0. The number of para-hydroxylation sites is 1. The molecular formula is C25H33FN2O3S. The Morgan fingerprint density at radius 2 is 2.00 bits per heavy atom. The van der Waals surface area contributed by atoms with E-state index in [1.807, 2.05) is 25.3 Å². The van der Waals surface area contributed by atoms with Gasteiger partial charge < -0.3 is 14.5 Å². The van der Waals surface area contributed by atoms with E-state index in [0.717, 1.165) is 18.4 Å². The quantitative estimate of drug-likeness (QED) is 0.534. The van der Waals surface area contributed by atoms with E-state index in [-0.39, 0.29) is 42.7 Å². The number of ether oxygens (including phenoxy) is 1. The second-order valence-electron chi connectivity index (χ2n) is 8.78. The van der Waals surface area contributed by atoms with E-state index in [1.165, 1.54) is 10.9 Å². The van der Waals surface area contributed by atoms with Crippen molar-refractivity contribution in [2.24, 2.45) is 11.8 Å². The predicted octanol–water partition coefficient (Wildman–Crippen LogP) is 4.92. The average molecular weight is 461 g/mol. The van der Waals surface area contributed by atoms with Crippen molar-refractivity contribution < 1.29 is 18.7 Å². The van der Waals surface area contributed by atoms with Crippen LogP contribution in [-0.4, -0.2) is 47.9 Å². The van der Waals surface area contributed by atoms with Crippen molar-refractivity contribution in [1.82, 2.24) is 9.80 Å². The van der Waals surface area contributed by atoms with E-state index in [4.69, 9.17) is 4.74 Å². The molecule has 0 aliphatic carbocycles. The molecule has 32 heavy (non-hydrogen) atoms. The molecular weight excluding hydrogens is 427 g/mol. The zero-order valence-electron chi connectivity index (χ0n) is 19.3. The van der Waals surface area contributed by atoms with Gasteiger partial charge in [-0.15, -0.1) is 11.3 Å². The number of rotatable bonds is 9. The summed E-state index contributed by atoms with van der Waals surface area (Å²) in [6.07, 6.45) is 1.72. The molecule has 1 aromatic heterocycles. The van der Waals surface area contributed by atoms with E-state index in [1.54, 1.807) is 39.3 Å². The molecule has 2 amide bonds. The summed E-state index contributed by atoms with van der Waals surface area (Å²) < 4.78 is 19.9. The maximum atomic E-state index is 14.1. The van der Waals surface area contributed by atoms with Crippen LogP contribution in [0.5, 0.6) is 5.75 Å². The molecule has 0 saturated carbocycles. The Balaban J connectivity index is 1.79. The van der Waals surface area contributed by atoms with Crippen LogP contribution in [0.1, 0.15) is 50.6 Å². The van der Waals surface area contributed by atoms with Crippen LogP contribution in [0.25, 0.3) is 0 Å². The van der Waals surface area contributed by atoms with Crippen LogP contribution >= 0.6 is 11.3 Å². The Hall–Kier alpha value is -2.41. The number of halogens is 1. The Kier molecular flexibility index (Phi) is 8.29. The number of hydrogen-bond donors (Lipinski definition) is 0. The molecule has 0 radical (unpaired) electrons. The van der Waals surface area contributed by atoms with Crippen LogP contribution < -0.4 is 4.74 Å². The van der Waals surface area contributed by atoms with Gasteiger partial charge >= 0.3 is 0 Å². The lowest BCUT2D eigenvalue weighted by Gasteiger charge is -2.37. The van der Waals surface area contributed by atoms with Gasteiger partial charge in [-0.1, -0.05) is 46.2 Å². The van der Waals surface area contributed by atoms with Gasteiger partial charge in [0.25, 0.3) is 0 Å². The van der Waals surface area contributed by atoms with Crippen molar-refractivity contribution in [2.45, 2.75) is 46.6 Å². The fourth-order valence-corrected chi connectivity index (χ4v) is 4.89. The zero-order valence-corrected chi connectivity index (χ0v) is 20.2. The number of nitrogens with zero attached hydrogens (tertiary/aromatic N) is 2. The lowest BCUT2D eigenvalue weighted by Crippen LogP contribution is -2.49. The SMILES string of the molecule is CCC(C)CN(CC(=O)N1CCc2sccc2C1COc1ccccc1F)C(=O)C(C)C. The van der Waals surface area contributed by atoms with Gasteiger partial charge in [0.2, 0.25) is 11.8 Å². The maximum absolute atomic E-state index is 14.1. The monoisotopic (exact) mass is 460 g/mol. The minimum Gasteiger partial charge on any atom is -0.488 e. The highest BCUT2D eigenvalue weighted by molar-refractivity contribution is 7.10. The molecule has 0 N–H and O–H groups in total. The largest absolute Gasteiger partial charge is 0.488 e. The summed E-state index contributed by atoms with van der Waals surface area (Å²) >= 11 is 1.67. The highest BCUT2D eigenvalue weighted by atomic mass is 32.1. The molecule has 1 aromatic carbocycles. The van der Waals surface area contributed by atoms with Crippen molar-refractivity contribution in [3.63, 3.8) is 0 Å². The minimum atomic E-state index is -0.422. The van der Waals surface area contributed by atoms with Gasteiger partial charge in [-0.05, 0) is 41.5 Å². The predicted molar refractivity (Wildman–Crippen MR) is 125 cm³/mol. The first-order valence-corrected chi connectivity index (χ1v) is 12.2. The summed E-state index contributed by atoms with van der Waals surface area (Å²) in [6, 6.07) is 8.01. The summed E-state index contributed by atoms with van der Waals surface area (Å²) in [5.74, 6) is -0.204. The number of fused-ring (bicyclic) bond motifs is 1. The van der Waals surface area contributed by atoms with E-state index in [9.17, 15) is 14.0 Å². The van der Waals surface area contributed by atoms with Crippen LogP contribution in [0.4, 0.5) is 4.39 Å². The second-order valence-corrected chi connectivity index (χ2v) is 9.78. The topological polar surface area (TPSA) is 49.9 Å². The number of hydrogen-bond acceptors (Lipinski definition) is 4. The van der Waals surface area contributed by atoms with Gasteiger partial charge in [0.15, 0.2) is 11.6 Å². The van der Waals surface area contributed by atoms with Crippen LogP contribution in [0, 0.1) is 17.7 Å². The third-order valence-corrected chi connectivity index (χ3v) is 7.01. The summed E-state index contributed by atoms with van der Waals surface area (Å²) in [5.41, 5.74) is 1.05. The molecule has 2 aromatic rings. The molecule has 3 rings (SSSR count). The van der Waals surface area contributed by atoms with Gasteiger partial charge in [-0.25, -0.2) is 4.39 Å². The van der Waals surface area contributed by atoms with Crippen molar-refractivity contribution in [3.05, 3.63) is 52.0 Å². The molecule has 2 heterocycles. The first-order valence-electron chi connectivity index (χ1n) is 11.3. The average Bonchev–Trinajstić information content (AvgIpc) is 3.26. The molecule has 174 valence electrons. The number of thiophene rings is 1. The van der Waals surface area contributed by atoms with Gasteiger partial charge in [0.1, 0.15) is 6.61 Å². The normalized spacial score (nSPS) is 16.6. The maximum Gasteiger partial charge on any atom is 0.242 e. The van der Waals surface area contributed by atoms with Crippen molar-refractivity contribution in [1.29, 1.82) is 0 Å². The lowest BCUT2D eigenvalue weighted by molar-refractivity contribution is -0.144. The van der Waals surface area contributed by atoms with Crippen molar-refractivity contribution >= 4 is 23.2 Å². The number of carbonyl (C=O) groups excluding carboxylic acids is 2. The molecule has 2 atom stereocenters. The molecule has 2 unspecified atom stereocenters. The number of benzene rings is 1. The van der Waals surface area contributed by atoms with Crippen LogP contribution in [-0.2, 0) is 16.0 Å². The molecule has 5 nitrogen and oxygen atoms in total. The zero-order chi connectivity index (χ0) is 23.3. The number of amides is 2. The van der Waals surface area contributed by atoms with Crippen LogP contribution in [0.3, 0.4) is 0 Å². The van der Waals surface area contributed by atoms with Gasteiger partial charge in [0, 0.05) is 23.9 Å². The third-order valence-electron chi connectivity index (χ3n) is 6.01. The highest BCUT2D eigenvalue weighted by Crippen LogP contribution is 2.34. The smallest absolute Gasteiger partial charge is 0.242 e. The third kappa shape index (κ3) is 5.68. The lowest BCUT2D eigenvalue weighted by atomic mass is 10.00. The molecule has 0 bridgehead atoms. The molecule has 7 heteroatoms. The number of carbonyl (C=O) groups is 2. The fraction of sp³-hybridized carbons (Fsp3) is 0.520. The van der Waals surface area contributed by atoms with Crippen molar-refractivity contribution in [2.75, 3.05) is 26.2 Å². The van der Waals surface area contributed by atoms with Gasteiger partial charge in [-0.2, -0.15) is 0 Å². The molecule has 1 aliphatic heterocycles. The molecule has 0 spiro atoms. The van der Waals surface area contributed by atoms with E-state index in [2.05, 4.69) is 13.8 Å². The molecule has 0 saturated heterocycles. The van der Waals surface area contributed by atoms with Crippen LogP contribution in [0.15, 0.2) is 35.7 Å². The molecule has 0 fully saturated rings. The first kappa shape index (κ1) is 24.2. The van der Waals surface area contributed by atoms with Crippen molar-refractivity contribution in [3.8, 4) is 5.75 Å². The highest BCUT2D eigenvalue weighted by Gasteiger charge is 2.34. The summed E-state index contributed by atoms with van der Waals surface area (Å²) in [4.78, 5) is 30.9. The first-order chi connectivity index (χ1) is 15.3. The Labute approximate surface area is 194 Å². The summed E-state index contributed by atoms with van der Waals surface area (Å²) in [6.45, 7) is 9.24. The Morgan fingerprint density at radius 3 is 2.69 bits per heavy atom. The van der Waals surface area contributed by atoms with E-state index in [0.29, 0.717) is 19.0 Å². The minimum absolute atomic E-state index is 0.00830. The Bertz CT molecular complexity index is 929. The molecule has 1 aliphatic rings. The second kappa shape index (κ2) is 10.9. The fourth-order valence-electron chi connectivity index (χ4n) is 3.96. The standard InChI is InChI=1S/C25H33FN2O3S/c1-5-18(4)14-27(25(30)17(2)3)15-24(29)28-12-10-23-19(11-13-32-23)21(28)16-31-22-9-7-6-8-20(22)26/h6-9,11,13,17-18,21H,5,10,12,14-16H2,1-4H3. The summed E-state index contributed by atoms with van der Waals surface area (Å²) in [5, 5.41) is 2.02. The van der Waals surface area contributed by atoms with Gasteiger partial charge in [0.05, 0.1) is 12.6 Å². The van der Waals surface area contributed by atoms with Gasteiger partial charge in [-0.3, -0.25) is 9.59 Å².